The van der Waals surface area contributed by atoms with E-state index in [0.717, 1.165) is 30.8 Å². The van der Waals surface area contributed by atoms with Gasteiger partial charge in [-0.3, -0.25) is 10.1 Å². The first-order valence-electron chi connectivity index (χ1n) is 7.32. The lowest BCUT2D eigenvalue weighted by atomic mass is 9.78. The summed E-state index contributed by atoms with van der Waals surface area (Å²) in [5.74, 6) is 1.19. The lowest BCUT2D eigenvalue weighted by Crippen LogP contribution is -2.38. The highest BCUT2D eigenvalue weighted by Crippen LogP contribution is 2.39. The fourth-order valence-corrected chi connectivity index (χ4v) is 3.87. The van der Waals surface area contributed by atoms with Crippen LogP contribution in [0, 0.1) is 28.9 Å². The zero-order chi connectivity index (χ0) is 14.3. The molecule has 1 aliphatic carbocycles. The first kappa shape index (κ1) is 13.4. The summed E-state index contributed by atoms with van der Waals surface area (Å²) in [5, 5.41) is 11.1. The second-order valence-corrected chi connectivity index (χ2v) is 6.10. The van der Waals surface area contributed by atoms with Crippen LogP contribution in [0.15, 0.2) is 18.2 Å². The van der Waals surface area contributed by atoms with Crippen molar-refractivity contribution in [1.29, 1.82) is 0 Å². The average Bonchev–Trinajstić information content (AvgIpc) is 2.84. The van der Waals surface area contributed by atoms with Crippen molar-refractivity contribution in [1.82, 2.24) is 0 Å². The number of nitrogens with zero attached hydrogens (tertiary/aromatic N) is 2. The minimum atomic E-state index is -0.298. The van der Waals surface area contributed by atoms with Gasteiger partial charge in [-0.05, 0) is 37.7 Å². The highest BCUT2D eigenvalue weighted by atomic mass is 16.6. The number of hydrogen-bond donors (Lipinski definition) is 1. The standard InChI is InChI=1S/C15H21N3O2/c1-10-14(6-3-7-15(10)18(19)20)17-8-11-4-2-5-13(16)12(11)9-17/h3,6-7,11-13H,2,4-5,8-9,16H2,1H3. The van der Waals surface area contributed by atoms with Gasteiger partial charge in [0.25, 0.3) is 5.69 Å². The van der Waals surface area contributed by atoms with E-state index in [-0.39, 0.29) is 16.7 Å². The molecule has 5 heteroatoms. The second-order valence-electron chi connectivity index (χ2n) is 6.10. The van der Waals surface area contributed by atoms with Crippen molar-refractivity contribution in [3.63, 3.8) is 0 Å². The maximum absolute atomic E-state index is 11.1. The van der Waals surface area contributed by atoms with Crippen molar-refractivity contribution in [3.8, 4) is 0 Å². The van der Waals surface area contributed by atoms with Crippen molar-refractivity contribution in [2.45, 2.75) is 32.2 Å². The van der Waals surface area contributed by atoms with Gasteiger partial charge >= 0.3 is 0 Å². The van der Waals surface area contributed by atoms with E-state index < -0.39 is 0 Å². The van der Waals surface area contributed by atoms with Gasteiger partial charge in [0.1, 0.15) is 0 Å². The minimum absolute atomic E-state index is 0.210. The summed E-state index contributed by atoms with van der Waals surface area (Å²) in [5.41, 5.74) is 8.22. The van der Waals surface area contributed by atoms with Crippen molar-refractivity contribution in [3.05, 3.63) is 33.9 Å². The van der Waals surface area contributed by atoms with E-state index in [4.69, 9.17) is 5.73 Å². The van der Waals surface area contributed by atoms with E-state index >= 15 is 0 Å². The Labute approximate surface area is 118 Å². The van der Waals surface area contributed by atoms with Crippen LogP contribution in [0.4, 0.5) is 11.4 Å². The summed E-state index contributed by atoms with van der Waals surface area (Å²) < 4.78 is 0. The molecular formula is C15H21N3O2. The first-order valence-corrected chi connectivity index (χ1v) is 7.32. The zero-order valence-electron chi connectivity index (χ0n) is 11.8. The largest absolute Gasteiger partial charge is 0.370 e. The molecule has 20 heavy (non-hydrogen) atoms. The zero-order valence-corrected chi connectivity index (χ0v) is 11.8. The van der Waals surface area contributed by atoms with Gasteiger partial charge in [-0.1, -0.05) is 12.5 Å². The number of nitro groups is 1. The molecule has 2 N–H and O–H groups in total. The maximum atomic E-state index is 11.1. The lowest BCUT2D eigenvalue weighted by molar-refractivity contribution is -0.385. The predicted octanol–water partition coefficient (Wildman–Crippen LogP) is 2.47. The Kier molecular flexibility index (Phi) is 3.38. The van der Waals surface area contributed by atoms with Crippen LogP contribution in [0.25, 0.3) is 0 Å². The monoisotopic (exact) mass is 275 g/mol. The van der Waals surface area contributed by atoms with Gasteiger partial charge in [0.15, 0.2) is 0 Å². The number of rotatable bonds is 2. The summed E-state index contributed by atoms with van der Waals surface area (Å²) in [6, 6.07) is 5.64. The second kappa shape index (κ2) is 5.05. The smallest absolute Gasteiger partial charge is 0.274 e. The van der Waals surface area contributed by atoms with Crippen molar-refractivity contribution in [2.75, 3.05) is 18.0 Å². The van der Waals surface area contributed by atoms with E-state index in [1.807, 2.05) is 13.0 Å². The van der Waals surface area contributed by atoms with Gasteiger partial charge in [0, 0.05) is 30.9 Å². The molecule has 1 saturated carbocycles. The van der Waals surface area contributed by atoms with Gasteiger partial charge < -0.3 is 10.6 Å². The van der Waals surface area contributed by atoms with Crippen molar-refractivity contribution in [2.24, 2.45) is 17.6 Å². The molecule has 1 aromatic rings. The Morgan fingerprint density at radius 1 is 1.35 bits per heavy atom. The number of nitro benzene ring substituents is 1. The summed E-state index contributed by atoms with van der Waals surface area (Å²) in [6.07, 6.45) is 3.57. The highest BCUT2D eigenvalue weighted by molar-refractivity contribution is 5.62. The van der Waals surface area contributed by atoms with Crippen LogP contribution in [-0.2, 0) is 0 Å². The lowest BCUT2D eigenvalue weighted by Gasteiger charge is -2.29. The number of hydrogen-bond acceptors (Lipinski definition) is 4. The molecule has 3 rings (SSSR count). The van der Waals surface area contributed by atoms with Crippen LogP contribution in [-0.4, -0.2) is 24.1 Å². The molecule has 2 fully saturated rings. The molecule has 0 aromatic heterocycles. The first-order chi connectivity index (χ1) is 9.58. The van der Waals surface area contributed by atoms with Crippen LogP contribution >= 0.6 is 0 Å². The van der Waals surface area contributed by atoms with Crippen molar-refractivity contribution >= 4 is 11.4 Å². The number of anilines is 1. The third-order valence-corrected chi connectivity index (χ3v) is 4.97. The average molecular weight is 275 g/mol. The predicted molar refractivity (Wildman–Crippen MR) is 78.9 cm³/mol. The Bertz CT molecular complexity index is 532. The number of fused-ring (bicyclic) bond motifs is 1. The fraction of sp³-hybridized carbons (Fsp3) is 0.600. The van der Waals surface area contributed by atoms with Crippen LogP contribution in [0.5, 0.6) is 0 Å². The molecule has 1 aromatic carbocycles. The molecule has 0 radical (unpaired) electrons. The number of benzene rings is 1. The van der Waals surface area contributed by atoms with Gasteiger partial charge in [-0.25, -0.2) is 0 Å². The minimum Gasteiger partial charge on any atom is -0.370 e. The molecule has 5 nitrogen and oxygen atoms in total. The topological polar surface area (TPSA) is 72.4 Å². The van der Waals surface area contributed by atoms with Gasteiger partial charge in [0.05, 0.1) is 10.5 Å². The van der Waals surface area contributed by atoms with E-state index in [2.05, 4.69) is 4.90 Å². The van der Waals surface area contributed by atoms with Crippen molar-refractivity contribution < 1.29 is 4.92 Å². The molecule has 0 bridgehead atoms. The van der Waals surface area contributed by atoms with Crippen LogP contribution in [0.3, 0.4) is 0 Å². The van der Waals surface area contributed by atoms with Crippen LogP contribution in [0.2, 0.25) is 0 Å². The SMILES string of the molecule is Cc1c(N2CC3CCCC(N)C3C2)cccc1[N+](=O)[O-]. The molecular weight excluding hydrogens is 254 g/mol. The van der Waals surface area contributed by atoms with E-state index in [1.54, 1.807) is 12.1 Å². The molecule has 1 saturated heterocycles. The Morgan fingerprint density at radius 3 is 2.85 bits per heavy atom. The molecule has 0 spiro atoms. The molecule has 3 unspecified atom stereocenters. The molecule has 3 atom stereocenters. The maximum Gasteiger partial charge on any atom is 0.274 e. The summed E-state index contributed by atoms with van der Waals surface area (Å²) in [4.78, 5) is 13.1. The quantitative estimate of drug-likeness (QED) is 0.664. The summed E-state index contributed by atoms with van der Waals surface area (Å²) >= 11 is 0. The van der Waals surface area contributed by atoms with Gasteiger partial charge in [-0.15, -0.1) is 0 Å². The molecule has 0 amide bonds. The number of nitrogens with two attached hydrogens (primary N) is 1. The Balaban J connectivity index is 1.88. The summed E-state index contributed by atoms with van der Waals surface area (Å²) in [7, 11) is 0. The highest BCUT2D eigenvalue weighted by Gasteiger charge is 2.39. The van der Waals surface area contributed by atoms with Crippen LogP contribution < -0.4 is 10.6 Å². The third-order valence-electron chi connectivity index (χ3n) is 4.97. The van der Waals surface area contributed by atoms with E-state index in [0.29, 0.717) is 11.8 Å². The normalized spacial score (nSPS) is 29.3. The molecule has 1 heterocycles. The molecule has 1 aliphatic heterocycles. The van der Waals surface area contributed by atoms with E-state index in [9.17, 15) is 10.1 Å². The van der Waals surface area contributed by atoms with E-state index in [1.165, 1.54) is 12.8 Å². The van der Waals surface area contributed by atoms with Gasteiger partial charge in [-0.2, -0.15) is 0 Å². The molecule has 108 valence electrons. The third kappa shape index (κ3) is 2.16. The van der Waals surface area contributed by atoms with Crippen LogP contribution in [0.1, 0.15) is 24.8 Å². The Morgan fingerprint density at radius 2 is 2.15 bits per heavy atom. The van der Waals surface area contributed by atoms with Gasteiger partial charge in [0.2, 0.25) is 0 Å². The Hall–Kier alpha value is -1.62. The molecule has 2 aliphatic rings. The fourth-order valence-electron chi connectivity index (χ4n) is 3.87. The summed E-state index contributed by atoms with van der Waals surface area (Å²) in [6.45, 7) is 3.77.